The molecule has 1 N–H and O–H groups in total. The Balaban J connectivity index is 1.18. The Bertz CT molecular complexity index is 1470. The third-order valence-electron chi connectivity index (χ3n) is 7.95. The molecule has 2 atom stereocenters. The van der Waals surface area contributed by atoms with Crippen LogP contribution in [0.5, 0.6) is 11.5 Å². The second-order valence-corrected chi connectivity index (χ2v) is 12.4. The van der Waals surface area contributed by atoms with Gasteiger partial charge >= 0.3 is 0 Å². The number of carbonyl (C=O) groups is 1. The summed E-state index contributed by atoms with van der Waals surface area (Å²) >= 11 is 0. The summed E-state index contributed by atoms with van der Waals surface area (Å²) in [6.07, 6.45) is 3.93. The Morgan fingerprint density at radius 3 is 2.61 bits per heavy atom. The number of methoxy groups -OCH3 is 1. The maximum absolute atomic E-state index is 13.3. The average Bonchev–Trinajstić information content (AvgIpc) is 3.37. The minimum atomic E-state index is -3.45. The minimum Gasteiger partial charge on any atom is -0.454 e. The van der Waals surface area contributed by atoms with E-state index in [9.17, 15) is 13.2 Å². The van der Waals surface area contributed by atoms with Gasteiger partial charge in [0.25, 0.3) is 0 Å². The van der Waals surface area contributed by atoms with Crippen molar-refractivity contribution in [2.24, 2.45) is 5.92 Å². The van der Waals surface area contributed by atoms with Gasteiger partial charge in [0.1, 0.15) is 5.82 Å². The van der Waals surface area contributed by atoms with Gasteiger partial charge in [-0.1, -0.05) is 30.7 Å². The fraction of sp³-hybridized carbons (Fsp3) is 0.379. The highest BCUT2D eigenvalue weighted by Crippen LogP contribution is 2.51. The number of sulfone groups is 1. The third-order valence-corrected chi connectivity index (χ3v) is 10.3. The number of nitrogens with zero attached hydrogens (tertiary/aromatic N) is 1. The van der Waals surface area contributed by atoms with Crippen LogP contribution in [0.25, 0.3) is 11.3 Å². The van der Waals surface area contributed by atoms with Crippen molar-refractivity contribution < 1.29 is 27.4 Å². The summed E-state index contributed by atoms with van der Waals surface area (Å²) in [4.78, 5) is 18.3. The van der Waals surface area contributed by atoms with Crippen molar-refractivity contribution in [3.8, 4) is 22.8 Å². The Labute approximate surface area is 222 Å². The van der Waals surface area contributed by atoms with Crippen LogP contribution < -0.4 is 14.8 Å². The highest BCUT2D eigenvalue weighted by atomic mass is 32.2. The standard InChI is InChI=1S/C29H30N2O6S/c1-35-17-20-4-2-6-26(20)38(33,34)22-11-8-19(9-12-22)23-5-3-7-27(30-23)31-28(32)29(14-15-29)21-10-13-24-25(16-21)37-18-36-24/h3,5,7-13,16,20,26H,2,4,6,14-15,17-18H2,1H3,(H,30,31,32)/t20-,26?/m1/s1. The summed E-state index contributed by atoms with van der Waals surface area (Å²) in [6.45, 7) is 0.650. The largest absolute Gasteiger partial charge is 0.454 e. The molecule has 8 nitrogen and oxygen atoms in total. The predicted octanol–water partition coefficient (Wildman–Crippen LogP) is 4.74. The van der Waals surface area contributed by atoms with Crippen LogP contribution in [0.15, 0.2) is 65.6 Å². The van der Waals surface area contributed by atoms with Crippen LogP contribution in [0.3, 0.4) is 0 Å². The number of amides is 1. The first kappa shape index (κ1) is 24.9. The van der Waals surface area contributed by atoms with Crippen molar-refractivity contribution in [1.29, 1.82) is 0 Å². The summed E-state index contributed by atoms with van der Waals surface area (Å²) < 4.78 is 42.7. The fourth-order valence-corrected chi connectivity index (χ4v) is 7.74. The molecule has 2 saturated carbocycles. The smallest absolute Gasteiger partial charge is 0.236 e. The van der Waals surface area contributed by atoms with Crippen molar-refractivity contribution in [3.05, 3.63) is 66.2 Å². The number of ether oxygens (including phenoxy) is 3. The SMILES string of the molecule is COC[C@H]1CCCC1S(=O)(=O)c1ccc(-c2cccc(NC(=O)C3(c4ccc5c(c4)OCO5)CC3)n2)cc1. The number of fused-ring (bicyclic) bond motifs is 1. The van der Waals surface area contributed by atoms with E-state index < -0.39 is 20.5 Å². The lowest BCUT2D eigenvalue weighted by molar-refractivity contribution is -0.118. The molecule has 2 heterocycles. The van der Waals surface area contributed by atoms with Gasteiger partial charge in [-0.3, -0.25) is 4.79 Å². The van der Waals surface area contributed by atoms with Gasteiger partial charge in [-0.15, -0.1) is 0 Å². The number of anilines is 1. The van der Waals surface area contributed by atoms with Crippen LogP contribution in [-0.4, -0.2) is 45.1 Å². The summed E-state index contributed by atoms with van der Waals surface area (Å²) in [7, 11) is -1.83. The molecule has 198 valence electrons. The van der Waals surface area contributed by atoms with Crippen molar-refractivity contribution >= 4 is 21.6 Å². The molecular formula is C29H30N2O6S. The lowest BCUT2D eigenvalue weighted by atomic mass is 9.94. The molecule has 1 amide bonds. The number of hydrogen-bond acceptors (Lipinski definition) is 7. The van der Waals surface area contributed by atoms with E-state index in [-0.39, 0.29) is 18.6 Å². The Hall–Kier alpha value is -3.43. The quantitative estimate of drug-likeness (QED) is 0.445. The number of rotatable bonds is 8. The van der Waals surface area contributed by atoms with E-state index in [0.717, 1.165) is 36.8 Å². The second-order valence-electron chi connectivity index (χ2n) is 10.3. The van der Waals surface area contributed by atoms with Gasteiger partial charge in [-0.25, -0.2) is 13.4 Å². The number of benzene rings is 2. The fourth-order valence-electron chi connectivity index (χ4n) is 5.67. The molecular weight excluding hydrogens is 504 g/mol. The zero-order valence-electron chi connectivity index (χ0n) is 21.2. The molecule has 1 aliphatic heterocycles. The van der Waals surface area contributed by atoms with E-state index >= 15 is 0 Å². The van der Waals surface area contributed by atoms with Crippen LogP contribution in [0.1, 0.15) is 37.7 Å². The van der Waals surface area contributed by atoms with E-state index in [0.29, 0.717) is 40.9 Å². The summed E-state index contributed by atoms with van der Waals surface area (Å²) in [6, 6.07) is 17.9. The molecule has 0 bridgehead atoms. The lowest BCUT2D eigenvalue weighted by Gasteiger charge is -2.19. The van der Waals surface area contributed by atoms with Gasteiger partial charge in [0.15, 0.2) is 21.3 Å². The van der Waals surface area contributed by atoms with Gasteiger partial charge in [0, 0.05) is 12.7 Å². The van der Waals surface area contributed by atoms with E-state index in [1.165, 1.54) is 0 Å². The van der Waals surface area contributed by atoms with Gasteiger partial charge in [0.2, 0.25) is 12.7 Å². The first-order valence-electron chi connectivity index (χ1n) is 12.9. The molecule has 1 aromatic heterocycles. The van der Waals surface area contributed by atoms with Crippen LogP contribution in [0.4, 0.5) is 5.82 Å². The summed E-state index contributed by atoms with van der Waals surface area (Å²) in [5.74, 6) is 1.72. The maximum atomic E-state index is 13.3. The normalized spacial score (nSPS) is 21.3. The zero-order chi connectivity index (χ0) is 26.3. The topological polar surface area (TPSA) is 104 Å². The van der Waals surface area contributed by atoms with E-state index in [1.54, 1.807) is 37.4 Å². The third kappa shape index (κ3) is 4.43. The van der Waals surface area contributed by atoms with E-state index in [4.69, 9.17) is 14.2 Å². The number of hydrogen-bond donors (Lipinski definition) is 1. The monoisotopic (exact) mass is 534 g/mol. The number of pyridine rings is 1. The summed E-state index contributed by atoms with van der Waals surface area (Å²) in [5.41, 5.74) is 1.73. The first-order valence-corrected chi connectivity index (χ1v) is 14.5. The van der Waals surface area contributed by atoms with Crippen LogP contribution in [0.2, 0.25) is 0 Å². The van der Waals surface area contributed by atoms with Crippen LogP contribution in [-0.2, 0) is 24.8 Å². The second kappa shape index (κ2) is 9.71. The van der Waals surface area contributed by atoms with Crippen molar-refractivity contribution in [2.45, 2.75) is 47.7 Å². The molecule has 6 rings (SSSR count). The van der Waals surface area contributed by atoms with Gasteiger partial charge < -0.3 is 19.5 Å². The number of carbonyl (C=O) groups excluding carboxylic acids is 1. The highest BCUT2D eigenvalue weighted by molar-refractivity contribution is 7.92. The van der Waals surface area contributed by atoms with Crippen molar-refractivity contribution in [3.63, 3.8) is 0 Å². The van der Waals surface area contributed by atoms with E-state index in [2.05, 4.69) is 10.3 Å². The zero-order valence-corrected chi connectivity index (χ0v) is 22.0. The molecule has 2 fully saturated rings. The number of aromatic nitrogens is 1. The molecule has 3 aliphatic rings. The van der Waals surface area contributed by atoms with E-state index in [1.807, 2.05) is 30.3 Å². The lowest BCUT2D eigenvalue weighted by Crippen LogP contribution is -2.28. The molecule has 9 heteroatoms. The predicted molar refractivity (Wildman–Crippen MR) is 142 cm³/mol. The molecule has 1 unspecified atom stereocenters. The van der Waals surface area contributed by atoms with Gasteiger partial charge in [0.05, 0.1) is 27.9 Å². The maximum Gasteiger partial charge on any atom is 0.236 e. The molecule has 0 saturated heterocycles. The van der Waals surface area contributed by atoms with Crippen LogP contribution >= 0.6 is 0 Å². The Morgan fingerprint density at radius 2 is 1.84 bits per heavy atom. The first-order chi connectivity index (χ1) is 18.4. The molecule has 0 spiro atoms. The molecule has 2 aromatic carbocycles. The number of nitrogens with one attached hydrogen (secondary N) is 1. The Morgan fingerprint density at radius 1 is 1.05 bits per heavy atom. The Kier molecular flexibility index (Phi) is 6.36. The van der Waals surface area contributed by atoms with Crippen molar-refractivity contribution in [2.75, 3.05) is 25.8 Å². The van der Waals surface area contributed by atoms with Crippen molar-refractivity contribution in [1.82, 2.24) is 4.98 Å². The van der Waals surface area contributed by atoms with Gasteiger partial charge in [-0.2, -0.15) is 0 Å². The average molecular weight is 535 g/mol. The van der Waals surface area contributed by atoms with Crippen LogP contribution in [0, 0.1) is 5.92 Å². The summed E-state index contributed by atoms with van der Waals surface area (Å²) in [5, 5.41) is 2.57. The molecule has 0 radical (unpaired) electrons. The highest BCUT2D eigenvalue weighted by Gasteiger charge is 2.51. The molecule has 38 heavy (non-hydrogen) atoms. The molecule has 3 aromatic rings. The minimum absolute atomic E-state index is 0.0269. The molecule has 2 aliphatic carbocycles. The van der Waals surface area contributed by atoms with Gasteiger partial charge in [-0.05, 0) is 73.6 Å².